The summed E-state index contributed by atoms with van der Waals surface area (Å²) in [6, 6.07) is 27.2. The van der Waals surface area contributed by atoms with E-state index in [-0.39, 0.29) is 41.4 Å². The molecule has 0 aliphatic carbocycles. The van der Waals surface area contributed by atoms with E-state index in [1.165, 1.54) is 14.2 Å². The quantitative estimate of drug-likeness (QED) is 0.0238. The van der Waals surface area contributed by atoms with Gasteiger partial charge in [-0.1, -0.05) is 71.3 Å². The van der Waals surface area contributed by atoms with E-state index in [0.29, 0.717) is 88.7 Å². The number of benzene rings is 5. The van der Waals surface area contributed by atoms with Crippen molar-refractivity contribution >= 4 is 68.1 Å². The van der Waals surface area contributed by atoms with Gasteiger partial charge in [0.15, 0.2) is 29.3 Å². The van der Waals surface area contributed by atoms with E-state index in [4.69, 9.17) is 18.9 Å². The minimum Gasteiger partial charge on any atom is -0.493 e. The Hall–Kier alpha value is -6.07. The van der Waals surface area contributed by atoms with Gasteiger partial charge in [0.2, 0.25) is 5.91 Å². The highest BCUT2D eigenvalue weighted by atomic mass is 33.1. The van der Waals surface area contributed by atoms with Gasteiger partial charge in [0, 0.05) is 65.8 Å². The van der Waals surface area contributed by atoms with Crippen LogP contribution in [-0.4, -0.2) is 91.7 Å². The molecule has 16 heteroatoms. The molecule has 0 spiro atoms. The van der Waals surface area contributed by atoms with Crippen LogP contribution in [0.4, 0.5) is 28.4 Å². The maximum atomic E-state index is 14.2. The van der Waals surface area contributed by atoms with E-state index in [1.54, 1.807) is 41.1 Å². The SMILES string of the molecule is CCCCSSC(C)(C)CCC(=O)N(C)c1cc(COc2cc(NC(O)C3Cc4ccccc4N3C)c(C=O)cc2OC)cc(COc2cc3c(cc2OC)C(=O)N2c4ccccc4CC2[C@@H](O)N3)c1. The molecule has 8 rings (SSSR count). The average molecular weight is 990 g/mol. The molecule has 0 saturated heterocycles. The number of carbonyl (C=O) groups is 3. The summed E-state index contributed by atoms with van der Waals surface area (Å²) < 4.78 is 24.3. The van der Waals surface area contributed by atoms with E-state index >= 15 is 0 Å². The molecule has 3 aliphatic rings. The van der Waals surface area contributed by atoms with Crippen LogP contribution in [0.1, 0.15) is 89.4 Å². The number of fused-ring (bicyclic) bond motifs is 5. The van der Waals surface area contributed by atoms with Crippen molar-refractivity contribution in [3.05, 3.63) is 124 Å². The summed E-state index contributed by atoms with van der Waals surface area (Å²) in [6.07, 6.45) is 3.09. The number of nitrogens with zero attached hydrogens (tertiary/aromatic N) is 3. The van der Waals surface area contributed by atoms with Crippen molar-refractivity contribution in [1.29, 1.82) is 0 Å². The molecule has 5 aromatic rings. The Morgan fingerprint density at radius 2 is 1.56 bits per heavy atom. The fraction of sp³-hybridized carbons (Fsp3) is 0.389. The smallest absolute Gasteiger partial charge is 0.260 e. The largest absolute Gasteiger partial charge is 0.493 e. The van der Waals surface area contributed by atoms with Gasteiger partial charge in [-0.05, 0) is 104 Å². The Labute approximate surface area is 418 Å². The number of rotatable bonds is 21. The number of nitrogens with one attached hydrogen (secondary N) is 2. The van der Waals surface area contributed by atoms with Gasteiger partial charge in [-0.2, -0.15) is 0 Å². The third-order valence-electron chi connectivity index (χ3n) is 13.3. The van der Waals surface area contributed by atoms with Gasteiger partial charge in [-0.3, -0.25) is 14.4 Å². The fourth-order valence-electron chi connectivity index (χ4n) is 9.25. The second-order valence-corrected chi connectivity index (χ2v) is 21.7. The number of hydrogen-bond donors (Lipinski definition) is 4. The van der Waals surface area contributed by atoms with E-state index in [0.717, 1.165) is 41.1 Å². The molecular formula is C54H63N5O9S2. The second-order valence-electron chi connectivity index (χ2n) is 18.6. The van der Waals surface area contributed by atoms with Crippen LogP contribution in [0.3, 0.4) is 0 Å². The number of amides is 2. The van der Waals surface area contributed by atoms with Crippen LogP contribution in [0.2, 0.25) is 0 Å². The molecule has 0 radical (unpaired) electrons. The molecule has 370 valence electrons. The minimum atomic E-state index is -1.05. The van der Waals surface area contributed by atoms with E-state index in [9.17, 15) is 24.6 Å². The van der Waals surface area contributed by atoms with Crippen molar-refractivity contribution in [3.63, 3.8) is 0 Å². The van der Waals surface area contributed by atoms with Crippen LogP contribution in [0.15, 0.2) is 91.0 Å². The van der Waals surface area contributed by atoms with Gasteiger partial charge in [0.25, 0.3) is 5.91 Å². The molecule has 0 bridgehead atoms. The van der Waals surface area contributed by atoms with Crippen LogP contribution in [0.5, 0.6) is 23.0 Å². The molecule has 70 heavy (non-hydrogen) atoms. The van der Waals surface area contributed by atoms with Gasteiger partial charge in [0.05, 0.1) is 43.2 Å². The third kappa shape index (κ3) is 10.9. The first-order valence-corrected chi connectivity index (χ1v) is 26.0. The van der Waals surface area contributed by atoms with Crippen molar-refractivity contribution in [1.82, 2.24) is 0 Å². The molecule has 4 atom stereocenters. The zero-order valence-electron chi connectivity index (χ0n) is 40.8. The third-order valence-corrected chi connectivity index (χ3v) is 16.7. The first-order valence-electron chi connectivity index (χ1n) is 23.7. The molecule has 3 aliphatic heterocycles. The molecule has 3 unspecified atom stereocenters. The van der Waals surface area contributed by atoms with Crippen LogP contribution in [-0.2, 0) is 30.8 Å². The highest BCUT2D eigenvalue weighted by Crippen LogP contribution is 2.43. The van der Waals surface area contributed by atoms with E-state index in [1.807, 2.05) is 100 Å². The molecular weight excluding hydrogens is 927 g/mol. The maximum absolute atomic E-state index is 14.2. The number of likely N-dealkylation sites (N-methyl/N-ethyl adjacent to an activating group) is 1. The Morgan fingerprint density at radius 3 is 2.21 bits per heavy atom. The van der Waals surface area contributed by atoms with Crippen molar-refractivity contribution < 1.29 is 43.5 Å². The van der Waals surface area contributed by atoms with E-state index in [2.05, 4.69) is 31.4 Å². The highest BCUT2D eigenvalue weighted by molar-refractivity contribution is 8.77. The predicted molar refractivity (Wildman–Crippen MR) is 281 cm³/mol. The molecule has 0 saturated carbocycles. The Bertz CT molecular complexity index is 2720. The number of methoxy groups -OCH3 is 2. The molecule has 14 nitrogen and oxygen atoms in total. The molecule has 3 heterocycles. The average Bonchev–Trinajstić information content (AvgIpc) is 3.90. The lowest BCUT2D eigenvalue weighted by Gasteiger charge is -2.29. The summed E-state index contributed by atoms with van der Waals surface area (Å²) >= 11 is 0. The van der Waals surface area contributed by atoms with Crippen molar-refractivity contribution in [2.75, 3.05) is 59.4 Å². The number of anilines is 5. The molecule has 0 fully saturated rings. The minimum absolute atomic E-state index is 0.0356. The summed E-state index contributed by atoms with van der Waals surface area (Å²) in [4.78, 5) is 45.8. The van der Waals surface area contributed by atoms with Crippen LogP contribution in [0.25, 0.3) is 0 Å². The number of aliphatic hydroxyl groups is 2. The summed E-state index contributed by atoms with van der Waals surface area (Å²) in [5.41, 5.74) is 7.40. The monoisotopic (exact) mass is 989 g/mol. The first kappa shape index (κ1) is 50.3. The van der Waals surface area contributed by atoms with Crippen molar-refractivity contribution in [2.45, 2.75) is 102 Å². The molecule has 4 N–H and O–H groups in total. The van der Waals surface area contributed by atoms with E-state index < -0.39 is 18.5 Å². The molecule has 0 aromatic heterocycles. The van der Waals surface area contributed by atoms with Gasteiger partial charge in [-0.25, -0.2) is 0 Å². The lowest BCUT2D eigenvalue weighted by Crippen LogP contribution is -2.45. The summed E-state index contributed by atoms with van der Waals surface area (Å²) in [5, 5.41) is 29.2. The number of carbonyl (C=O) groups excluding carboxylic acids is 3. The Morgan fingerprint density at radius 1 is 0.914 bits per heavy atom. The lowest BCUT2D eigenvalue weighted by molar-refractivity contribution is -0.118. The number of aldehydes is 1. The van der Waals surface area contributed by atoms with Crippen LogP contribution >= 0.6 is 21.6 Å². The second kappa shape index (κ2) is 21.9. The number of para-hydroxylation sites is 2. The number of aliphatic hydroxyl groups excluding tert-OH is 2. The summed E-state index contributed by atoms with van der Waals surface area (Å²) in [6.45, 7) is 6.60. The summed E-state index contributed by atoms with van der Waals surface area (Å²) in [7, 11) is 10.4. The van der Waals surface area contributed by atoms with Crippen molar-refractivity contribution in [2.24, 2.45) is 0 Å². The number of ether oxygens (including phenoxy) is 4. The van der Waals surface area contributed by atoms with Crippen LogP contribution in [0, 0.1) is 0 Å². The normalized spacial score (nSPS) is 17.3. The topological polar surface area (TPSA) is 162 Å². The zero-order chi connectivity index (χ0) is 49.7. The Kier molecular flexibility index (Phi) is 15.8. The molecule has 5 aromatic carbocycles. The summed E-state index contributed by atoms with van der Waals surface area (Å²) in [5.74, 6) is 2.10. The highest BCUT2D eigenvalue weighted by Gasteiger charge is 2.42. The van der Waals surface area contributed by atoms with Crippen LogP contribution < -0.4 is 44.3 Å². The zero-order valence-corrected chi connectivity index (χ0v) is 42.5. The Balaban J connectivity index is 1.05. The number of unbranched alkanes of at least 4 members (excludes halogenated alkanes) is 1. The first-order chi connectivity index (χ1) is 33.7. The van der Waals surface area contributed by atoms with Gasteiger partial charge in [0.1, 0.15) is 25.7 Å². The van der Waals surface area contributed by atoms with Gasteiger partial charge < -0.3 is 54.5 Å². The standard InChI is InChI=1S/C54H63N5O9S2/c1-8-9-20-69-70-54(2,3)19-18-50(61)57(4)38-22-33(31-67-48-28-40(37(30-60)26-46(48)65-6)55-51(62)44-24-35-14-10-12-16-42(35)58(44)5)21-34(23-38)32-68-49-29-41-39(27-47(49)66-7)53(64)59-43-17-13-11-15-36(43)25-45(59)52(63)56-41/h10-17,21-23,26-30,44-45,51-52,55-56,62-63H,8-9,18-20,24-25,31-32H2,1-7H3/t44?,45?,51?,52-/m1/s1. The molecule has 2 amide bonds. The lowest BCUT2D eigenvalue weighted by atomic mass is 10.1. The fourth-order valence-corrected chi connectivity index (χ4v) is 12.1. The maximum Gasteiger partial charge on any atom is 0.260 e. The predicted octanol–water partition coefficient (Wildman–Crippen LogP) is 9.48. The number of hydrogen-bond acceptors (Lipinski definition) is 14. The van der Waals surface area contributed by atoms with Crippen molar-refractivity contribution in [3.8, 4) is 23.0 Å². The van der Waals surface area contributed by atoms with Gasteiger partial charge >= 0.3 is 0 Å². The van der Waals surface area contributed by atoms with Gasteiger partial charge in [-0.15, -0.1) is 0 Å².